The zero-order valence-corrected chi connectivity index (χ0v) is 17.3. The first-order chi connectivity index (χ1) is 13.3. The summed E-state index contributed by atoms with van der Waals surface area (Å²) in [5, 5.41) is 9.96. The zero-order chi connectivity index (χ0) is 18.9. The molecule has 0 bridgehead atoms. The summed E-state index contributed by atoms with van der Waals surface area (Å²) in [5.74, 6) is 1.41. The van der Waals surface area contributed by atoms with Crippen LogP contribution in [0.5, 0.6) is 0 Å². The Bertz CT molecular complexity index is 590. The first-order valence-electron chi connectivity index (χ1n) is 10.4. The molecule has 6 nitrogen and oxygen atoms in total. The fourth-order valence-electron chi connectivity index (χ4n) is 3.86. The molecule has 3 rings (SSSR count). The van der Waals surface area contributed by atoms with Crippen LogP contribution in [0.3, 0.4) is 0 Å². The van der Waals surface area contributed by atoms with Crippen molar-refractivity contribution in [1.82, 2.24) is 15.5 Å². The lowest BCUT2D eigenvalue weighted by atomic mass is 9.89. The van der Waals surface area contributed by atoms with E-state index in [1.54, 1.807) is 11.3 Å². The lowest BCUT2D eigenvalue weighted by Crippen LogP contribution is -2.52. The van der Waals surface area contributed by atoms with E-state index in [-0.39, 0.29) is 11.8 Å². The molecule has 0 unspecified atom stereocenters. The highest BCUT2D eigenvalue weighted by atomic mass is 32.1. The number of thiophene rings is 1. The van der Waals surface area contributed by atoms with Gasteiger partial charge in [-0.2, -0.15) is 0 Å². The van der Waals surface area contributed by atoms with Crippen molar-refractivity contribution in [3.63, 3.8) is 0 Å². The summed E-state index contributed by atoms with van der Waals surface area (Å²) < 4.78 is 0. The lowest BCUT2D eigenvalue weighted by Gasteiger charge is -2.37. The molecule has 0 spiro atoms. The summed E-state index contributed by atoms with van der Waals surface area (Å²) in [6, 6.07) is 4.30. The normalized spacial score (nSPS) is 19.2. The third-order valence-corrected chi connectivity index (χ3v) is 6.31. The number of hydrogen-bond acceptors (Lipinski definition) is 4. The number of nitrogens with one attached hydrogen (secondary N) is 2. The minimum Gasteiger partial charge on any atom is -0.360 e. The summed E-state index contributed by atoms with van der Waals surface area (Å²) in [4.78, 5) is 21.7. The molecule has 1 aromatic heterocycles. The van der Waals surface area contributed by atoms with Gasteiger partial charge in [-0.3, -0.25) is 9.79 Å². The molecule has 1 aliphatic carbocycles. The van der Waals surface area contributed by atoms with Crippen LogP contribution in [0.15, 0.2) is 22.5 Å². The molecule has 150 valence electrons. The number of carbonyl (C=O) groups excluding carboxylic acids is 1. The van der Waals surface area contributed by atoms with E-state index in [2.05, 4.69) is 44.9 Å². The van der Waals surface area contributed by atoms with Crippen molar-refractivity contribution < 1.29 is 4.79 Å². The number of aliphatic imine (C=N–C) groups is 1. The number of guanidine groups is 1. The molecule has 2 fully saturated rings. The number of nitrogens with zero attached hydrogens (tertiary/aromatic N) is 3. The van der Waals surface area contributed by atoms with Gasteiger partial charge in [0.15, 0.2) is 5.96 Å². The predicted molar refractivity (Wildman–Crippen MR) is 114 cm³/mol. The highest BCUT2D eigenvalue weighted by Crippen LogP contribution is 2.23. The van der Waals surface area contributed by atoms with Crippen LogP contribution in [-0.4, -0.2) is 62.6 Å². The van der Waals surface area contributed by atoms with E-state index in [0.717, 1.165) is 51.5 Å². The smallest absolute Gasteiger partial charge is 0.223 e. The fourth-order valence-corrected chi connectivity index (χ4v) is 4.65. The SMILES string of the molecule is CCNC(=NCCNC(=O)C1CCCCC1)N1CCN(c2cccs2)CC1. The highest BCUT2D eigenvalue weighted by molar-refractivity contribution is 7.14. The maximum Gasteiger partial charge on any atom is 0.223 e. The molecule has 2 N–H and O–H groups in total. The molecular weight excluding hydrogens is 358 g/mol. The quantitative estimate of drug-likeness (QED) is 0.444. The lowest BCUT2D eigenvalue weighted by molar-refractivity contribution is -0.125. The van der Waals surface area contributed by atoms with E-state index in [0.29, 0.717) is 13.1 Å². The van der Waals surface area contributed by atoms with Crippen molar-refractivity contribution >= 4 is 28.2 Å². The van der Waals surface area contributed by atoms with Crippen LogP contribution in [0.1, 0.15) is 39.0 Å². The molecule has 27 heavy (non-hydrogen) atoms. The van der Waals surface area contributed by atoms with Crippen molar-refractivity contribution in [3.8, 4) is 0 Å². The Kier molecular flexibility index (Phi) is 7.80. The van der Waals surface area contributed by atoms with Gasteiger partial charge >= 0.3 is 0 Å². The second-order valence-electron chi connectivity index (χ2n) is 7.29. The van der Waals surface area contributed by atoms with Gasteiger partial charge < -0.3 is 20.4 Å². The van der Waals surface area contributed by atoms with Gasteiger partial charge in [0.05, 0.1) is 11.5 Å². The maximum absolute atomic E-state index is 12.2. The summed E-state index contributed by atoms with van der Waals surface area (Å²) in [6.45, 7) is 8.19. The summed E-state index contributed by atoms with van der Waals surface area (Å²) in [5.41, 5.74) is 0. The monoisotopic (exact) mass is 391 g/mol. The molecule has 2 heterocycles. The molecule has 0 atom stereocenters. The van der Waals surface area contributed by atoms with E-state index in [4.69, 9.17) is 4.99 Å². The number of hydrogen-bond donors (Lipinski definition) is 2. The van der Waals surface area contributed by atoms with Crippen LogP contribution >= 0.6 is 11.3 Å². The van der Waals surface area contributed by atoms with Crippen LogP contribution in [-0.2, 0) is 4.79 Å². The zero-order valence-electron chi connectivity index (χ0n) is 16.5. The van der Waals surface area contributed by atoms with Gasteiger partial charge in [0.25, 0.3) is 0 Å². The standard InChI is InChI=1S/C20H33N5OS/c1-2-21-20(23-11-10-22-19(26)17-7-4-3-5-8-17)25-14-12-24(13-15-25)18-9-6-16-27-18/h6,9,16-17H,2-5,7-8,10-15H2,1H3,(H,21,23)(H,22,26). The molecule has 1 aromatic rings. The molecule has 1 saturated carbocycles. The van der Waals surface area contributed by atoms with Crippen LogP contribution in [0.25, 0.3) is 0 Å². The van der Waals surface area contributed by atoms with Crippen molar-refractivity contribution in [1.29, 1.82) is 0 Å². The first kappa shape index (κ1) is 20.0. The molecule has 0 radical (unpaired) electrons. The minimum absolute atomic E-state index is 0.222. The predicted octanol–water partition coefficient (Wildman–Crippen LogP) is 2.53. The summed E-state index contributed by atoms with van der Waals surface area (Å²) in [7, 11) is 0. The van der Waals surface area contributed by atoms with Gasteiger partial charge in [0, 0.05) is 45.2 Å². The molecule has 2 aliphatic rings. The van der Waals surface area contributed by atoms with Crippen LogP contribution < -0.4 is 15.5 Å². The van der Waals surface area contributed by atoms with E-state index < -0.39 is 0 Å². The average Bonchev–Trinajstić information content (AvgIpc) is 3.26. The number of amides is 1. The molecule has 1 aliphatic heterocycles. The van der Waals surface area contributed by atoms with E-state index in [1.807, 2.05) is 0 Å². The van der Waals surface area contributed by atoms with Crippen molar-refractivity contribution in [2.24, 2.45) is 10.9 Å². The second kappa shape index (κ2) is 10.5. The first-order valence-corrected chi connectivity index (χ1v) is 11.3. The summed E-state index contributed by atoms with van der Waals surface area (Å²) >= 11 is 1.80. The second-order valence-corrected chi connectivity index (χ2v) is 8.21. The fraction of sp³-hybridized carbons (Fsp3) is 0.700. The van der Waals surface area contributed by atoms with Gasteiger partial charge in [0.1, 0.15) is 0 Å². The topological polar surface area (TPSA) is 60.0 Å². The van der Waals surface area contributed by atoms with E-state index in [1.165, 1.54) is 24.3 Å². The van der Waals surface area contributed by atoms with Crippen molar-refractivity contribution in [2.45, 2.75) is 39.0 Å². The number of piperazine rings is 1. The average molecular weight is 392 g/mol. The summed E-state index contributed by atoms with van der Waals surface area (Å²) in [6.07, 6.45) is 5.76. The molecule has 1 saturated heterocycles. The molecule has 1 amide bonds. The number of carbonyl (C=O) groups is 1. The van der Waals surface area contributed by atoms with Crippen molar-refractivity contribution in [3.05, 3.63) is 17.5 Å². The van der Waals surface area contributed by atoms with Gasteiger partial charge in [-0.25, -0.2) is 0 Å². The largest absolute Gasteiger partial charge is 0.360 e. The van der Waals surface area contributed by atoms with Crippen LogP contribution in [0.2, 0.25) is 0 Å². The van der Waals surface area contributed by atoms with Gasteiger partial charge in [0.2, 0.25) is 5.91 Å². The Morgan fingerprint density at radius 3 is 2.63 bits per heavy atom. The Labute approximate surface area is 167 Å². The van der Waals surface area contributed by atoms with Gasteiger partial charge in [-0.1, -0.05) is 19.3 Å². The molecule has 7 heteroatoms. The minimum atomic E-state index is 0.222. The van der Waals surface area contributed by atoms with Crippen LogP contribution in [0, 0.1) is 5.92 Å². The number of anilines is 1. The molecular formula is C20H33N5OS. The third kappa shape index (κ3) is 5.86. The van der Waals surface area contributed by atoms with E-state index in [9.17, 15) is 4.79 Å². The number of rotatable bonds is 6. The highest BCUT2D eigenvalue weighted by Gasteiger charge is 2.21. The Morgan fingerprint density at radius 1 is 1.19 bits per heavy atom. The van der Waals surface area contributed by atoms with Crippen LogP contribution in [0.4, 0.5) is 5.00 Å². The molecule has 0 aromatic carbocycles. The van der Waals surface area contributed by atoms with Gasteiger partial charge in [-0.05, 0) is 37.3 Å². The van der Waals surface area contributed by atoms with Gasteiger partial charge in [-0.15, -0.1) is 11.3 Å². The Balaban J connectivity index is 1.43. The van der Waals surface area contributed by atoms with E-state index >= 15 is 0 Å². The third-order valence-electron chi connectivity index (χ3n) is 5.38. The Hall–Kier alpha value is -1.76. The maximum atomic E-state index is 12.2. The Morgan fingerprint density at radius 2 is 1.96 bits per heavy atom. The van der Waals surface area contributed by atoms with Crippen molar-refractivity contribution in [2.75, 3.05) is 50.7 Å².